The second-order valence-corrected chi connectivity index (χ2v) is 6.23. The van der Waals surface area contributed by atoms with Crippen molar-refractivity contribution in [1.82, 2.24) is 9.71 Å². The number of pyridine rings is 1. The zero-order valence-corrected chi connectivity index (χ0v) is 11.6. The van der Waals surface area contributed by atoms with Crippen LogP contribution >= 0.6 is 0 Å². The van der Waals surface area contributed by atoms with E-state index < -0.39 is 16.1 Å². The zero-order valence-electron chi connectivity index (χ0n) is 10.8. The monoisotopic (exact) mass is 280 g/mol. The van der Waals surface area contributed by atoms with E-state index in [9.17, 15) is 8.42 Å². The summed E-state index contributed by atoms with van der Waals surface area (Å²) in [5.41, 5.74) is 1.41. The minimum Gasteiger partial charge on any atom is -0.395 e. The van der Waals surface area contributed by atoms with Crippen molar-refractivity contribution in [3.05, 3.63) is 36.0 Å². The smallest absolute Gasteiger partial charge is 0.243 e. The number of aliphatic hydroxyl groups excluding tert-OH is 1. The van der Waals surface area contributed by atoms with Gasteiger partial charge in [0.1, 0.15) is 4.90 Å². The van der Waals surface area contributed by atoms with Crippen LogP contribution in [0.5, 0.6) is 0 Å². The Balaban J connectivity index is 2.56. The third kappa shape index (κ3) is 2.91. The van der Waals surface area contributed by atoms with Crippen molar-refractivity contribution >= 4 is 20.9 Å². The summed E-state index contributed by atoms with van der Waals surface area (Å²) in [7, 11) is -3.68. The van der Waals surface area contributed by atoms with E-state index in [0.29, 0.717) is 5.52 Å². The number of hydrogen-bond acceptors (Lipinski definition) is 4. The standard InChI is InChI=1S/C13H16N2O3S/c1-9-6-11-4-3-5-12(13(11)14-7-9)19(17,18)15-10(2)8-16/h3-7,10,15-16H,8H2,1-2H3/t10-/m0/s1. The molecule has 0 unspecified atom stereocenters. The van der Waals surface area contributed by atoms with E-state index in [0.717, 1.165) is 10.9 Å². The average molecular weight is 280 g/mol. The van der Waals surface area contributed by atoms with Gasteiger partial charge in [-0.25, -0.2) is 13.1 Å². The molecule has 5 nitrogen and oxygen atoms in total. The number of benzene rings is 1. The molecule has 102 valence electrons. The van der Waals surface area contributed by atoms with Crippen LogP contribution in [0.25, 0.3) is 10.9 Å². The topological polar surface area (TPSA) is 79.3 Å². The number of sulfonamides is 1. The largest absolute Gasteiger partial charge is 0.395 e. The molecule has 1 aromatic heterocycles. The molecule has 0 saturated heterocycles. The van der Waals surface area contributed by atoms with Crippen molar-refractivity contribution in [2.75, 3.05) is 6.61 Å². The van der Waals surface area contributed by atoms with Gasteiger partial charge >= 0.3 is 0 Å². The van der Waals surface area contributed by atoms with Crippen LogP contribution in [0.15, 0.2) is 35.4 Å². The van der Waals surface area contributed by atoms with Gasteiger partial charge in [0, 0.05) is 17.6 Å². The molecule has 1 heterocycles. The summed E-state index contributed by atoms with van der Waals surface area (Å²) in [5.74, 6) is 0. The van der Waals surface area contributed by atoms with Gasteiger partial charge in [-0.15, -0.1) is 0 Å². The molecule has 1 aromatic carbocycles. The van der Waals surface area contributed by atoms with Crippen molar-refractivity contribution in [2.24, 2.45) is 0 Å². The predicted octanol–water partition coefficient (Wildman–Crippen LogP) is 1.20. The van der Waals surface area contributed by atoms with E-state index in [1.165, 1.54) is 6.07 Å². The molecule has 0 aliphatic heterocycles. The van der Waals surface area contributed by atoms with Crippen molar-refractivity contribution in [3.8, 4) is 0 Å². The van der Waals surface area contributed by atoms with Gasteiger partial charge in [-0.2, -0.15) is 0 Å². The summed E-state index contributed by atoms with van der Waals surface area (Å²) >= 11 is 0. The molecular weight excluding hydrogens is 264 g/mol. The summed E-state index contributed by atoms with van der Waals surface area (Å²) in [5, 5.41) is 9.73. The Morgan fingerprint density at radius 1 is 1.42 bits per heavy atom. The van der Waals surface area contributed by atoms with Crippen LogP contribution in [0.2, 0.25) is 0 Å². The van der Waals surface area contributed by atoms with Gasteiger partial charge in [-0.1, -0.05) is 12.1 Å². The fraction of sp³-hybridized carbons (Fsp3) is 0.308. The normalized spacial score (nSPS) is 13.6. The molecule has 19 heavy (non-hydrogen) atoms. The highest BCUT2D eigenvalue weighted by Gasteiger charge is 2.20. The highest BCUT2D eigenvalue weighted by Crippen LogP contribution is 2.21. The van der Waals surface area contributed by atoms with Crippen molar-refractivity contribution in [3.63, 3.8) is 0 Å². The van der Waals surface area contributed by atoms with Gasteiger partial charge in [-0.05, 0) is 31.5 Å². The number of hydrogen-bond donors (Lipinski definition) is 2. The summed E-state index contributed by atoms with van der Waals surface area (Å²) in [6.07, 6.45) is 1.64. The molecule has 0 spiro atoms. The number of aromatic nitrogens is 1. The Morgan fingerprint density at radius 3 is 2.84 bits per heavy atom. The number of aliphatic hydroxyl groups is 1. The third-order valence-corrected chi connectivity index (χ3v) is 4.35. The lowest BCUT2D eigenvalue weighted by Gasteiger charge is -2.13. The van der Waals surface area contributed by atoms with Crippen LogP contribution in [-0.4, -0.2) is 31.2 Å². The molecule has 0 amide bonds. The van der Waals surface area contributed by atoms with E-state index in [-0.39, 0.29) is 11.5 Å². The van der Waals surface area contributed by atoms with E-state index in [2.05, 4.69) is 9.71 Å². The van der Waals surface area contributed by atoms with Crippen molar-refractivity contribution in [1.29, 1.82) is 0 Å². The number of aryl methyl sites for hydroxylation is 1. The second-order valence-electron chi connectivity index (χ2n) is 4.55. The maximum atomic E-state index is 12.2. The van der Waals surface area contributed by atoms with Crippen LogP contribution in [0.4, 0.5) is 0 Å². The number of rotatable bonds is 4. The summed E-state index contributed by atoms with van der Waals surface area (Å²) in [6, 6.07) is 6.37. The van der Waals surface area contributed by atoms with E-state index in [4.69, 9.17) is 5.11 Å². The maximum absolute atomic E-state index is 12.2. The van der Waals surface area contributed by atoms with Crippen LogP contribution in [-0.2, 0) is 10.0 Å². The lowest BCUT2D eigenvalue weighted by atomic mass is 10.2. The predicted molar refractivity (Wildman–Crippen MR) is 73.3 cm³/mol. The number of nitrogens with one attached hydrogen (secondary N) is 1. The molecule has 0 saturated carbocycles. The quantitative estimate of drug-likeness (QED) is 0.882. The Morgan fingerprint density at radius 2 is 2.16 bits per heavy atom. The zero-order chi connectivity index (χ0) is 14.0. The van der Waals surface area contributed by atoms with Crippen molar-refractivity contribution in [2.45, 2.75) is 24.8 Å². The lowest BCUT2D eigenvalue weighted by molar-refractivity contribution is 0.265. The maximum Gasteiger partial charge on any atom is 0.243 e. The highest BCUT2D eigenvalue weighted by molar-refractivity contribution is 7.89. The first-order valence-corrected chi connectivity index (χ1v) is 7.41. The van der Waals surface area contributed by atoms with Crippen LogP contribution in [0.1, 0.15) is 12.5 Å². The van der Waals surface area contributed by atoms with E-state index in [1.54, 1.807) is 19.2 Å². The Bertz CT molecular complexity index is 698. The molecule has 6 heteroatoms. The first kappa shape index (κ1) is 13.9. The Kier molecular flexibility index (Phi) is 3.84. The molecule has 0 aliphatic carbocycles. The van der Waals surface area contributed by atoms with Crippen LogP contribution in [0.3, 0.4) is 0 Å². The van der Waals surface area contributed by atoms with Gasteiger partial charge in [-0.3, -0.25) is 4.98 Å². The molecule has 2 aromatic rings. The van der Waals surface area contributed by atoms with Gasteiger partial charge in [0.25, 0.3) is 0 Å². The molecule has 0 aliphatic rings. The minimum absolute atomic E-state index is 0.130. The third-order valence-electron chi connectivity index (χ3n) is 2.73. The number of nitrogens with zero attached hydrogens (tertiary/aromatic N) is 1. The second kappa shape index (κ2) is 5.24. The van der Waals surface area contributed by atoms with Gasteiger partial charge in [0.15, 0.2) is 0 Å². The molecule has 1 atom stereocenters. The SMILES string of the molecule is Cc1cnc2c(S(=O)(=O)N[C@@H](C)CO)cccc2c1. The lowest BCUT2D eigenvalue weighted by Crippen LogP contribution is -2.35. The molecule has 2 N–H and O–H groups in total. The summed E-state index contributed by atoms with van der Waals surface area (Å²) in [4.78, 5) is 4.33. The van der Waals surface area contributed by atoms with Crippen LogP contribution in [0, 0.1) is 6.92 Å². The van der Waals surface area contributed by atoms with Gasteiger partial charge < -0.3 is 5.11 Å². The van der Waals surface area contributed by atoms with E-state index >= 15 is 0 Å². The van der Waals surface area contributed by atoms with Gasteiger partial charge in [0.2, 0.25) is 10.0 Å². The van der Waals surface area contributed by atoms with E-state index in [1.807, 2.05) is 19.1 Å². The highest BCUT2D eigenvalue weighted by atomic mass is 32.2. The molecule has 0 fully saturated rings. The minimum atomic E-state index is -3.68. The fourth-order valence-electron chi connectivity index (χ4n) is 1.83. The van der Waals surface area contributed by atoms with Crippen LogP contribution < -0.4 is 4.72 Å². The average Bonchev–Trinajstić information content (AvgIpc) is 2.37. The fourth-order valence-corrected chi connectivity index (χ4v) is 3.24. The molecule has 2 rings (SSSR count). The molecular formula is C13H16N2O3S. The molecule has 0 bridgehead atoms. The van der Waals surface area contributed by atoms with Crippen molar-refractivity contribution < 1.29 is 13.5 Å². The first-order chi connectivity index (χ1) is 8.94. The number of para-hydroxylation sites is 1. The summed E-state index contributed by atoms with van der Waals surface area (Å²) < 4.78 is 26.9. The van der Waals surface area contributed by atoms with Gasteiger partial charge in [0.05, 0.1) is 12.1 Å². The Hall–Kier alpha value is -1.50. The first-order valence-electron chi connectivity index (χ1n) is 5.92. The summed E-state index contributed by atoms with van der Waals surface area (Å²) in [6.45, 7) is 3.25. The molecule has 0 radical (unpaired) electrons. The Labute approximate surface area is 112 Å². The number of fused-ring (bicyclic) bond motifs is 1.